The largest absolute Gasteiger partial charge is 0.295 e. The maximum Gasteiger partial charge on any atom is 0.158 e. The normalized spacial score (nSPS) is 16.2. The van der Waals surface area contributed by atoms with Crippen LogP contribution in [0.3, 0.4) is 0 Å². The molecule has 0 aliphatic rings. The van der Waals surface area contributed by atoms with Crippen molar-refractivity contribution in [2.24, 2.45) is 11.3 Å². The topological polar surface area (TPSA) is 17.1 Å². The monoisotopic (exact) mass is 196 g/mol. The van der Waals surface area contributed by atoms with Crippen LogP contribution in [0.2, 0.25) is 0 Å². The van der Waals surface area contributed by atoms with E-state index in [1.165, 1.54) is 5.57 Å². The molecular weight excluding hydrogens is 172 g/mol. The summed E-state index contributed by atoms with van der Waals surface area (Å²) in [5, 5.41) is 0. The minimum atomic E-state index is 0.235. The molecule has 14 heavy (non-hydrogen) atoms. The van der Waals surface area contributed by atoms with Crippen LogP contribution in [0, 0.1) is 11.3 Å². The van der Waals surface area contributed by atoms with Gasteiger partial charge in [-0.3, -0.25) is 4.79 Å². The molecule has 0 N–H and O–H groups in total. The van der Waals surface area contributed by atoms with Gasteiger partial charge >= 0.3 is 0 Å². The van der Waals surface area contributed by atoms with Crippen LogP contribution in [0.15, 0.2) is 11.1 Å². The standard InChI is InChI=1S/C13H24O/c1-8-12(14)10(3)9(2)11(4)13(5,6)7/h11H,8H2,1-7H3/b10-9+. The predicted octanol–water partition coefficient (Wildman–Crippen LogP) is 3.98. The second-order valence-electron chi connectivity index (χ2n) is 5.17. The highest BCUT2D eigenvalue weighted by molar-refractivity contribution is 5.95. The first-order valence-corrected chi connectivity index (χ1v) is 5.42. The van der Waals surface area contributed by atoms with Crippen molar-refractivity contribution < 1.29 is 4.79 Å². The summed E-state index contributed by atoms with van der Waals surface area (Å²) >= 11 is 0. The zero-order chi connectivity index (χ0) is 11.5. The van der Waals surface area contributed by atoms with E-state index in [0.717, 1.165) is 5.57 Å². The maximum atomic E-state index is 11.5. The Kier molecular flexibility index (Phi) is 4.57. The summed E-state index contributed by atoms with van der Waals surface area (Å²) in [4.78, 5) is 11.5. The van der Waals surface area contributed by atoms with Crippen molar-refractivity contribution in [1.82, 2.24) is 0 Å². The second-order valence-corrected chi connectivity index (χ2v) is 5.17. The summed E-state index contributed by atoms with van der Waals surface area (Å²) in [6.07, 6.45) is 0.611. The molecule has 1 unspecified atom stereocenters. The number of rotatable bonds is 3. The van der Waals surface area contributed by atoms with Gasteiger partial charge in [0.25, 0.3) is 0 Å². The Morgan fingerprint density at radius 3 is 1.93 bits per heavy atom. The van der Waals surface area contributed by atoms with Crippen LogP contribution in [-0.4, -0.2) is 5.78 Å². The number of allylic oxidation sites excluding steroid dienone is 2. The minimum absolute atomic E-state index is 0.235. The van der Waals surface area contributed by atoms with Gasteiger partial charge in [-0.05, 0) is 30.8 Å². The third kappa shape index (κ3) is 3.28. The quantitative estimate of drug-likeness (QED) is 0.624. The molecule has 0 fully saturated rings. The van der Waals surface area contributed by atoms with Crippen molar-refractivity contribution in [3.63, 3.8) is 0 Å². The Balaban J connectivity index is 4.92. The molecule has 0 radical (unpaired) electrons. The number of carbonyl (C=O) groups excluding carboxylic acids is 1. The highest BCUT2D eigenvalue weighted by atomic mass is 16.1. The van der Waals surface area contributed by atoms with E-state index in [1.807, 2.05) is 13.8 Å². The number of hydrogen-bond acceptors (Lipinski definition) is 1. The number of Topliss-reactive ketones (excluding diaryl/α,β-unsaturated/α-hetero) is 1. The molecule has 0 aromatic carbocycles. The molecule has 1 heteroatoms. The molecule has 0 aliphatic carbocycles. The highest BCUT2D eigenvalue weighted by Gasteiger charge is 2.23. The number of hydrogen-bond donors (Lipinski definition) is 0. The minimum Gasteiger partial charge on any atom is -0.295 e. The van der Waals surface area contributed by atoms with Crippen LogP contribution in [-0.2, 0) is 4.79 Å². The molecule has 0 amide bonds. The van der Waals surface area contributed by atoms with Crippen molar-refractivity contribution in [3.8, 4) is 0 Å². The van der Waals surface area contributed by atoms with Crippen LogP contribution in [0.4, 0.5) is 0 Å². The van der Waals surface area contributed by atoms with Crippen LogP contribution in [0.1, 0.15) is 54.9 Å². The van der Waals surface area contributed by atoms with Gasteiger partial charge in [0.2, 0.25) is 0 Å². The molecule has 1 nitrogen and oxygen atoms in total. The molecule has 0 bridgehead atoms. The smallest absolute Gasteiger partial charge is 0.158 e. The first-order valence-electron chi connectivity index (χ1n) is 5.42. The van der Waals surface area contributed by atoms with Gasteiger partial charge in [-0.1, -0.05) is 40.2 Å². The zero-order valence-corrected chi connectivity index (χ0v) is 10.7. The van der Waals surface area contributed by atoms with Gasteiger partial charge in [0, 0.05) is 6.42 Å². The van der Waals surface area contributed by atoms with E-state index < -0.39 is 0 Å². The summed E-state index contributed by atoms with van der Waals surface area (Å²) < 4.78 is 0. The van der Waals surface area contributed by atoms with Gasteiger partial charge in [0.1, 0.15) is 0 Å². The fourth-order valence-electron chi connectivity index (χ4n) is 1.46. The van der Waals surface area contributed by atoms with Crippen LogP contribution >= 0.6 is 0 Å². The van der Waals surface area contributed by atoms with E-state index in [4.69, 9.17) is 0 Å². The Morgan fingerprint density at radius 2 is 1.64 bits per heavy atom. The van der Waals surface area contributed by atoms with Gasteiger partial charge in [-0.15, -0.1) is 0 Å². The molecule has 0 aliphatic heterocycles. The van der Waals surface area contributed by atoms with E-state index in [-0.39, 0.29) is 11.2 Å². The number of ketones is 1. The van der Waals surface area contributed by atoms with Crippen LogP contribution < -0.4 is 0 Å². The molecule has 0 saturated heterocycles. The Bertz CT molecular complexity index is 240. The molecule has 0 aromatic rings. The van der Waals surface area contributed by atoms with Crippen molar-refractivity contribution in [2.75, 3.05) is 0 Å². The lowest BCUT2D eigenvalue weighted by atomic mass is 9.76. The van der Waals surface area contributed by atoms with Gasteiger partial charge in [-0.2, -0.15) is 0 Å². The first kappa shape index (κ1) is 13.4. The average molecular weight is 196 g/mol. The fraction of sp³-hybridized carbons (Fsp3) is 0.769. The Labute approximate surface area is 88.6 Å². The van der Waals surface area contributed by atoms with E-state index in [0.29, 0.717) is 12.3 Å². The molecule has 0 saturated carbocycles. The fourth-order valence-corrected chi connectivity index (χ4v) is 1.46. The maximum absolute atomic E-state index is 11.5. The van der Waals surface area contributed by atoms with Gasteiger partial charge < -0.3 is 0 Å². The zero-order valence-electron chi connectivity index (χ0n) is 10.7. The summed E-state index contributed by atoms with van der Waals surface area (Å²) in [6.45, 7) is 14.8. The van der Waals surface area contributed by atoms with E-state index >= 15 is 0 Å². The summed E-state index contributed by atoms with van der Waals surface area (Å²) in [6, 6.07) is 0. The van der Waals surface area contributed by atoms with Crippen molar-refractivity contribution in [1.29, 1.82) is 0 Å². The molecular formula is C13H24O. The lowest BCUT2D eigenvalue weighted by Crippen LogP contribution is -2.20. The Hall–Kier alpha value is -0.590. The Morgan fingerprint density at radius 1 is 1.21 bits per heavy atom. The summed E-state index contributed by atoms with van der Waals surface area (Å²) in [7, 11) is 0. The molecule has 82 valence electrons. The third-order valence-electron chi connectivity index (χ3n) is 3.28. The SMILES string of the molecule is CCC(=O)/C(C)=C(\C)C(C)C(C)(C)C. The molecule has 1 atom stereocenters. The lowest BCUT2D eigenvalue weighted by Gasteiger charge is -2.29. The van der Waals surface area contributed by atoms with E-state index in [1.54, 1.807) is 0 Å². The van der Waals surface area contributed by atoms with Crippen molar-refractivity contribution in [2.45, 2.75) is 54.9 Å². The van der Waals surface area contributed by atoms with Crippen LogP contribution in [0.25, 0.3) is 0 Å². The highest BCUT2D eigenvalue weighted by Crippen LogP contribution is 2.32. The molecule has 0 heterocycles. The van der Waals surface area contributed by atoms with Crippen molar-refractivity contribution in [3.05, 3.63) is 11.1 Å². The van der Waals surface area contributed by atoms with Crippen LogP contribution in [0.5, 0.6) is 0 Å². The predicted molar refractivity (Wildman–Crippen MR) is 62.3 cm³/mol. The molecule has 0 spiro atoms. The van der Waals surface area contributed by atoms with Gasteiger partial charge in [0.05, 0.1) is 0 Å². The van der Waals surface area contributed by atoms with Gasteiger partial charge in [0.15, 0.2) is 5.78 Å². The van der Waals surface area contributed by atoms with E-state index in [9.17, 15) is 4.79 Å². The average Bonchev–Trinajstić information content (AvgIpc) is 2.11. The van der Waals surface area contributed by atoms with Crippen molar-refractivity contribution >= 4 is 5.78 Å². The molecule has 0 rings (SSSR count). The summed E-state index contributed by atoms with van der Waals surface area (Å²) in [5.41, 5.74) is 2.43. The van der Waals surface area contributed by atoms with Gasteiger partial charge in [-0.25, -0.2) is 0 Å². The molecule has 0 aromatic heterocycles. The summed E-state index contributed by atoms with van der Waals surface area (Å²) in [5.74, 6) is 0.733. The first-order chi connectivity index (χ1) is 6.21. The second kappa shape index (κ2) is 4.77. The van der Waals surface area contributed by atoms with E-state index in [2.05, 4.69) is 34.6 Å². The number of carbonyl (C=O) groups is 1. The third-order valence-corrected chi connectivity index (χ3v) is 3.28. The lowest BCUT2D eigenvalue weighted by molar-refractivity contribution is -0.115.